The number of benzene rings is 1. The number of carbonyl (C=O) groups excluding carboxylic acids is 2. The van der Waals surface area contributed by atoms with Crippen molar-refractivity contribution in [1.29, 1.82) is 0 Å². The first kappa shape index (κ1) is 13.7. The van der Waals surface area contributed by atoms with Crippen molar-refractivity contribution in [2.24, 2.45) is 0 Å². The summed E-state index contributed by atoms with van der Waals surface area (Å²) in [4.78, 5) is 23.5. The van der Waals surface area contributed by atoms with Crippen LogP contribution in [-0.4, -0.2) is 33.8 Å². The summed E-state index contributed by atoms with van der Waals surface area (Å²) in [6.07, 6.45) is 0. The zero-order chi connectivity index (χ0) is 15.1. The fourth-order valence-electron chi connectivity index (χ4n) is 2.30. The minimum absolute atomic E-state index is 0.104. The second-order valence-electron chi connectivity index (χ2n) is 4.47. The highest BCUT2D eigenvalue weighted by molar-refractivity contribution is 9.10. The lowest BCUT2D eigenvalue weighted by molar-refractivity contribution is 0.0593. The molecule has 0 radical (unpaired) electrons. The highest BCUT2D eigenvalue weighted by atomic mass is 79.9. The minimum Gasteiger partial charge on any atom is -0.464 e. The molecule has 106 valence electrons. The Labute approximate surface area is 127 Å². The fraction of sp³-hybridized carbons (Fsp3) is 0.143. The number of hydrogen-bond acceptors (Lipinski definition) is 5. The van der Waals surface area contributed by atoms with E-state index in [4.69, 9.17) is 0 Å². The third-order valence-electron chi connectivity index (χ3n) is 3.19. The van der Waals surface area contributed by atoms with Gasteiger partial charge in [0.25, 0.3) is 0 Å². The molecule has 0 aliphatic heterocycles. The predicted molar refractivity (Wildman–Crippen MR) is 80.4 cm³/mol. The SMILES string of the molecule is COC(=O)c1cc2c3cc(Br)ccc3n(C(C)=O)c2nn1. The van der Waals surface area contributed by atoms with Crippen LogP contribution in [0.4, 0.5) is 0 Å². The number of halogens is 1. The Morgan fingerprint density at radius 1 is 1.19 bits per heavy atom. The summed E-state index contributed by atoms with van der Waals surface area (Å²) < 4.78 is 7.00. The standard InChI is InChI=1S/C14H10BrN3O3/c1-7(19)18-12-4-3-8(15)5-9(12)10-6-11(14(20)21-2)16-17-13(10)18/h3-6H,1-2H3. The number of ether oxygens (including phenoxy) is 1. The molecule has 0 atom stereocenters. The van der Waals surface area contributed by atoms with Gasteiger partial charge in [-0.15, -0.1) is 10.2 Å². The zero-order valence-corrected chi connectivity index (χ0v) is 12.8. The van der Waals surface area contributed by atoms with E-state index < -0.39 is 5.97 Å². The third kappa shape index (κ3) is 2.09. The van der Waals surface area contributed by atoms with Crippen molar-refractivity contribution in [3.05, 3.63) is 34.4 Å². The normalized spacial score (nSPS) is 11.0. The molecule has 1 aromatic carbocycles. The topological polar surface area (TPSA) is 74.1 Å². The van der Waals surface area contributed by atoms with Crippen LogP contribution in [0.15, 0.2) is 28.7 Å². The van der Waals surface area contributed by atoms with Gasteiger partial charge in [-0.2, -0.15) is 0 Å². The molecule has 0 bridgehead atoms. The molecule has 3 rings (SSSR count). The molecule has 7 heteroatoms. The van der Waals surface area contributed by atoms with E-state index in [-0.39, 0.29) is 11.6 Å². The lowest BCUT2D eigenvalue weighted by Gasteiger charge is -2.00. The smallest absolute Gasteiger partial charge is 0.358 e. The molecule has 0 aliphatic rings. The molecule has 2 heterocycles. The van der Waals surface area contributed by atoms with Gasteiger partial charge in [0, 0.05) is 22.2 Å². The van der Waals surface area contributed by atoms with Gasteiger partial charge < -0.3 is 4.74 Å². The van der Waals surface area contributed by atoms with E-state index >= 15 is 0 Å². The Hall–Kier alpha value is -2.28. The number of nitrogens with zero attached hydrogens (tertiary/aromatic N) is 3. The van der Waals surface area contributed by atoms with Crippen LogP contribution >= 0.6 is 15.9 Å². The first-order chi connectivity index (χ1) is 10.0. The molecule has 3 aromatic rings. The van der Waals surface area contributed by atoms with E-state index in [1.165, 1.54) is 18.6 Å². The number of aromatic nitrogens is 3. The van der Waals surface area contributed by atoms with Crippen molar-refractivity contribution >= 4 is 49.7 Å². The third-order valence-corrected chi connectivity index (χ3v) is 3.68. The second kappa shape index (κ2) is 4.92. The maximum atomic E-state index is 11.9. The van der Waals surface area contributed by atoms with Crippen molar-refractivity contribution < 1.29 is 14.3 Å². The molecule has 0 unspecified atom stereocenters. The van der Waals surface area contributed by atoms with Crippen LogP contribution in [0.2, 0.25) is 0 Å². The van der Waals surface area contributed by atoms with Crippen LogP contribution in [0.1, 0.15) is 22.2 Å². The van der Waals surface area contributed by atoms with Gasteiger partial charge >= 0.3 is 5.97 Å². The van der Waals surface area contributed by atoms with Gasteiger partial charge in [0.15, 0.2) is 11.3 Å². The molecule has 0 fully saturated rings. The first-order valence-corrected chi connectivity index (χ1v) is 6.89. The fourth-order valence-corrected chi connectivity index (χ4v) is 2.67. The van der Waals surface area contributed by atoms with Crippen molar-refractivity contribution in [2.75, 3.05) is 7.11 Å². The summed E-state index contributed by atoms with van der Waals surface area (Å²) in [5.41, 5.74) is 1.24. The van der Waals surface area contributed by atoms with Crippen LogP contribution in [-0.2, 0) is 4.74 Å². The van der Waals surface area contributed by atoms with E-state index in [0.717, 1.165) is 15.4 Å². The number of esters is 1. The van der Waals surface area contributed by atoms with E-state index in [1.807, 2.05) is 18.2 Å². The highest BCUT2D eigenvalue weighted by Crippen LogP contribution is 2.30. The first-order valence-electron chi connectivity index (χ1n) is 6.09. The quantitative estimate of drug-likeness (QED) is 0.632. The molecule has 0 saturated carbocycles. The van der Waals surface area contributed by atoms with Gasteiger partial charge in [-0.1, -0.05) is 15.9 Å². The van der Waals surface area contributed by atoms with Crippen molar-refractivity contribution in [3.63, 3.8) is 0 Å². The largest absolute Gasteiger partial charge is 0.464 e. The second-order valence-corrected chi connectivity index (χ2v) is 5.39. The predicted octanol–water partition coefficient (Wildman–Crippen LogP) is 2.79. The van der Waals surface area contributed by atoms with Crippen LogP contribution in [0.25, 0.3) is 21.9 Å². The lowest BCUT2D eigenvalue weighted by Crippen LogP contribution is -2.09. The molecular weight excluding hydrogens is 338 g/mol. The average Bonchev–Trinajstić information content (AvgIpc) is 2.79. The van der Waals surface area contributed by atoms with Crippen LogP contribution in [0.5, 0.6) is 0 Å². The van der Waals surface area contributed by atoms with E-state index in [9.17, 15) is 9.59 Å². The zero-order valence-electron chi connectivity index (χ0n) is 11.3. The Bertz CT molecular complexity index is 901. The van der Waals surface area contributed by atoms with E-state index in [2.05, 4.69) is 30.9 Å². The van der Waals surface area contributed by atoms with Gasteiger partial charge in [0.05, 0.1) is 12.6 Å². The molecular formula is C14H10BrN3O3. The van der Waals surface area contributed by atoms with E-state index in [1.54, 1.807) is 6.07 Å². The molecule has 0 saturated heterocycles. The summed E-state index contributed by atoms with van der Waals surface area (Å²) in [5, 5.41) is 9.34. The molecule has 0 spiro atoms. The molecule has 0 N–H and O–H groups in total. The van der Waals surface area contributed by atoms with Crippen LogP contribution in [0.3, 0.4) is 0 Å². The Kier molecular flexibility index (Phi) is 3.21. The number of methoxy groups -OCH3 is 1. The van der Waals surface area contributed by atoms with Crippen molar-refractivity contribution in [3.8, 4) is 0 Å². The molecule has 21 heavy (non-hydrogen) atoms. The Morgan fingerprint density at radius 2 is 1.95 bits per heavy atom. The van der Waals surface area contributed by atoms with Gasteiger partial charge in [0.1, 0.15) is 0 Å². The summed E-state index contributed by atoms with van der Waals surface area (Å²) in [5.74, 6) is -0.736. The van der Waals surface area contributed by atoms with Gasteiger partial charge in [-0.3, -0.25) is 9.36 Å². The van der Waals surface area contributed by atoms with Crippen LogP contribution in [0, 0.1) is 0 Å². The van der Waals surface area contributed by atoms with Crippen molar-refractivity contribution in [2.45, 2.75) is 6.92 Å². The summed E-state index contributed by atoms with van der Waals surface area (Å²) >= 11 is 3.40. The minimum atomic E-state index is -0.567. The lowest BCUT2D eigenvalue weighted by atomic mass is 10.2. The van der Waals surface area contributed by atoms with E-state index in [0.29, 0.717) is 11.0 Å². The average molecular weight is 348 g/mol. The van der Waals surface area contributed by atoms with Gasteiger partial charge in [-0.25, -0.2) is 4.79 Å². The number of carbonyl (C=O) groups is 2. The van der Waals surface area contributed by atoms with Gasteiger partial charge in [-0.05, 0) is 24.3 Å². The Balaban J connectivity index is 2.45. The molecule has 0 amide bonds. The summed E-state index contributed by atoms with van der Waals surface area (Å²) in [7, 11) is 1.28. The Morgan fingerprint density at radius 3 is 2.62 bits per heavy atom. The maximum Gasteiger partial charge on any atom is 0.358 e. The monoisotopic (exact) mass is 347 g/mol. The summed E-state index contributed by atoms with van der Waals surface area (Å²) in [6.45, 7) is 1.46. The van der Waals surface area contributed by atoms with Gasteiger partial charge in [0.2, 0.25) is 5.91 Å². The number of hydrogen-bond donors (Lipinski definition) is 0. The molecule has 2 aromatic heterocycles. The molecule has 6 nitrogen and oxygen atoms in total. The van der Waals surface area contributed by atoms with Crippen molar-refractivity contribution in [1.82, 2.24) is 14.8 Å². The van der Waals surface area contributed by atoms with Crippen LogP contribution < -0.4 is 0 Å². The maximum absolute atomic E-state index is 11.9. The number of rotatable bonds is 1. The number of fused-ring (bicyclic) bond motifs is 3. The summed E-state index contributed by atoms with van der Waals surface area (Å²) in [6, 6.07) is 7.12. The highest BCUT2D eigenvalue weighted by Gasteiger charge is 2.18. The molecule has 0 aliphatic carbocycles.